The van der Waals surface area contributed by atoms with Crippen LogP contribution in [0.5, 0.6) is 5.75 Å². The highest BCUT2D eigenvalue weighted by Crippen LogP contribution is 2.24. The van der Waals surface area contributed by atoms with Gasteiger partial charge in [-0.25, -0.2) is 9.67 Å². The summed E-state index contributed by atoms with van der Waals surface area (Å²) in [5.41, 5.74) is 1.89. The molecule has 1 N–H and O–H groups in total. The van der Waals surface area contributed by atoms with Crippen molar-refractivity contribution in [2.24, 2.45) is 0 Å². The maximum absolute atomic E-state index is 12.4. The Hall–Kier alpha value is -3.33. The highest BCUT2D eigenvalue weighted by atomic mass is 32.1. The Morgan fingerprint density at radius 1 is 1.21 bits per heavy atom. The number of nitrogens with one attached hydrogen (secondary N) is 1. The second-order valence-corrected chi connectivity index (χ2v) is 6.86. The third kappa shape index (κ3) is 3.99. The van der Waals surface area contributed by atoms with Gasteiger partial charge in [-0.3, -0.25) is 4.79 Å². The number of carbonyl (C=O) groups excluding carboxylic acids is 1. The summed E-state index contributed by atoms with van der Waals surface area (Å²) in [7, 11) is 0. The summed E-state index contributed by atoms with van der Waals surface area (Å²) >= 11 is 1.47. The average Bonchev–Trinajstić information content (AvgIpc) is 3.32. The van der Waals surface area contributed by atoms with Gasteiger partial charge in [0, 0.05) is 12.7 Å². The lowest BCUT2D eigenvalue weighted by molar-refractivity contribution is -0.0498. The summed E-state index contributed by atoms with van der Waals surface area (Å²) in [6, 6.07) is 13.9. The van der Waals surface area contributed by atoms with Crippen molar-refractivity contribution >= 4 is 27.5 Å². The van der Waals surface area contributed by atoms with Gasteiger partial charge in [-0.2, -0.15) is 13.9 Å². The van der Waals surface area contributed by atoms with Crippen molar-refractivity contribution in [3.63, 3.8) is 0 Å². The van der Waals surface area contributed by atoms with Crippen LogP contribution in [0.1, 0.15) is 15.9 Å². The number of fused-ring (bicyclic) bond motifs is 1. The van der Waals surface area contributed by atoms with E-state index in [0.717, 1.165) is 10.2 Å². The third-order valence-corrected chi connectivity index (χ3v) is 4.93. The fraction of sp³-hybridized carbons (Fsp3) is 0.105. The van der Waals surface area contributed by atoms with Crippen molar-refractivity contribution in [1.82, 2.24) is 20.1 Å². The molecule has 1 amide bonds. The quantitative estimate of drug-likeness (QED) is 0.531. The molecule has 0 bridgehead atoms. The van der Waals surface area contributed by atoms with Crippen LogP contribution in [0.25, 0.3) is 15.3 Å². The van der Waals surface area contributed by atoms with Gasteiger partial charge in [-0.05, 0) is 29.8 Å². The van der Waals surface area contributed by atoms with Crippen molar-refractivity contribution in [2.75, 3.05) is 0 Å². The number of nitrogens with zero attached hydrogens (tertiary/aromatic N) is 3. The van der Waals surface area contributed by atoms with E-state index < -0.39 is 6.61 Å². The minimum Gasteiger partial charge on any atom is -0.435 e. The normalized spacial score (nSPS) is 11.1. The van der Waals surface area contributed by atoms with Gasteiger partial charge in [-0.1, -0.05) is 35.6 Å². The number of amides is 1. The molecule has 0 fully saturated rings. The molecule has 0 aliphatic rings. The van der Waals surface area contributed by atoms with Crippen molar-refractivity contribution in [3.8, 4) is 10.9 Å². The van der Waals surface area contributed by atoms with Gasteiger partial charge in [0.2, 0.25) is 5.13 Å². The largest absolute Gasteiger partial charge is 0.435 e. The minimum absolute atomic E-state index is 0.0467. The maximum atomic E-state index is 12.4. The summed E-state index contributed by atoms with van der Waals surface area (Å²) < 4.78 is 31.5. The first-order valence-electron chi connectivity index (χ1n) is 8.31. The second-order valence-electron chi connectivity index (χ2n) is 5.85. The molecule has 0 aliphatic heterocycles. The smallest absolute Gasteiger partial charge is 0.387 e. The zero-order valence-corrected chi connectivity index (χ0v) is 15.2. The number of hydrogen-bond donors (Lipinski definition) is 1. The minimum atomic E-state index is -2.89. The molecule has 0 aliphatic carbocycles. The van der Waals surface area contributed by atoms with E-state index in [1.165, 1.54) is 29.7 Å². The summed E-state index contributed by atoms with van der Waals surface area (Å²) in [6.07, 6.45) is 3.06. The van der Waals surface area contributed by atoms with Crippen LogP contribution < -0.4 is 10.1 Å². The summed E-state index contributed by atoms with van der Waals surface area (Å²) in [5, 5.41) is 7.60. The molecule has 9 heteroatoms. The monoisotopic (exact) mass is 400 g/mol. The second kappa shape index (κ2) is 7.73. The van der Waals surface area contributed by atoms with Crippen molar-refractivity contribution in [2.45, 2.75) is 13.2 Å². The fourth-order valence-electron chi connectivity index (χ4n) is 2.62. The zero-order valence-electron chi connectivity index (χ0n) is 14.4. The van der Waals surface area contributed by atoms with Crippen LogP contribution in [0.4, 0.5) is 8.78 Å². The standard InChI is InChI=1S/C19H14F2N4O2S/c20-18(21)27-14-5-3-4-12(8-14)9-22-17(26)13-10-23-25(11-13)19-24-15-6-1-2-7-16(15)28-19/h1-8,10-11,18H,9H2,(H,22,26). The molecular formula is C19H14F2N4O2S. The van der Waals surface area contributed by atoms with E-state index in [9.17, 15) is 13.6 Å². The highest BCUT2D eigenvalue weighted by molar-refractivity contribution is 7.20. The van der Waals surface area contributed by atoms with Gasteiger partial charge in [0.25, 0.3) is 5.91 Å². The topological polar surface area (TPSA) is 69.0 Å². The fourth-order valence-corrected chi connectivity index (χ4v) is 3.52. The van der Waals surface area contributed by atoms with Gasteiger partial charge in [0.05, 0.1) is 22.0 Å². The van der Waals surface area contributed by atoms with E-state index in [4.69, 9.17) is 0 Å². The lowest BCUT2D eigenvalue weighted by atomic mass is 10.2. The van der Waals surface area contributed by atoms with Gasteiger partial charge >= 0.3 is 6.61 Å². The van der Waals surface area contributed by atoms with Gasteiger partial charge in [0.1, 0.15) is 5.75 Å². The molecule has 0 radical (unpaired) electrons. The molecule has 0 spiro atoms. The lowest BCUT2D eigenvalue weighted by Gasteiger charge is -2.07. The number of carbonyl (C=O) groups is 1. The molecular weight excluding hydrogens is 386 g/mol. The van der Waals surface area contributed by atoms with Crippen LogP contribution in [0.15, 0.2) is 60.9 Å². The summed E-state index contributed by atoms with van der Waals surface area (Å²) in [4.78, 5) is 16.9. The van der Waals surface area contributed by atoms with Crippen molar-refractivity contribution in [1.29, 1.82) is 0 Å². The van der Waals surface area contributed by atoms with Gasteiger partial charge in [-0.15, -0.1) is 0 Å². The predicted octanol–water partition coefficient (Wildman–Crippen LogP) is 4.01. The lowest BCUT2D eigenvalue weighted by Crippen LogP contribution is -2.22. The Morgan fingerprint density at radius 2 is 2.07 bits per heavy atom. The number of thiazole rings is 1. The van der Waals surface area contributed by atoms with Crippen LogP contribution in [0.3, 0.4) is 0 Å². The number of para-hydroxylation sites is 1. The van der Waals surface area contributed by atoms with E-state index in [2.05, 4.69) is 20.1 Å². The van der Waals surface area contributed by atoms with Crippen LogP contribution in [0.2, 0.25) is 0 Å². The predicted molar refractivity (Wildman–Crippen MR) is 101 cm³/mol. The van der Waals surface area contributed by atoms with E-state index in [-0.39, 0.29) is 18.2 Å². The Morgan fingerprint density at radius 3 is 2.89 bits per heavy atom. The van der Waals surface area contributed by atoms with E-state index >= 15 is 0 Å². The van der Waals surface area contributed by atoms with Crippen LogP contribution in [-0.4, -0.2) is 27.3 Å². The first-order valence-corrected chi connectivity index (χ1v) is 9.13. The molecule has 142 valence electrons. The molecule has 4 aromatic rings. The molecule has 0 saturated carbocycles. The number of benzene rings is 2. The summed E-state index contributed by atoms with van der Waals surface area (Å²) in [5.74, 6) is -0.280. The van der Waals surface area contributed by atoms with Crippen molar-refractivity contribution < 1.29 is 18.3 Å². The van der Waals surface area contributed by atoms with E-state index in [1.807, 2.05) is 24.3 Å². The number of rotatable bonds is 6. The Balaban J connectivity index is 1.43. The number of hydrogen-bond acceptors (Lipinski definition) is 5. The summed E-state index contributed by atoms with van der Waals surface area (Å²) in [6.45, 7) is -2.72. The molecule has 2 aromatic carbocycles. The molecule has 2 aromatic heterocycles. The Kier molecular flexibility index (Phi) is 4.98. The number of halogens is 2. The molecule has 4 rings (SSSR count). The van der Waals surface area contributed by atoms with Crippen molar-refractivity contribution in [3.05, 3.63) is 72.1 Å². The van der Waals surface area contributed by atoms with Crippen LogP contribution in [-0.2, 0) is 6.54 Å². The first-order chi connectivity index (χ1) is 13.6. The molecule has 0 unspecified atom stereocenters. The highest BCUT2D eigenvalue weighted by Gasteiger charge is 2.12. The number of ether oxygens (including phenoxy) is 1. The SMILES string of the molecule is O=C(NCc1cccc(OC(F)F)c1)c1cnn(-c2nc3ccccc3s2)c1. The van der Waals surface area contributed by atoms with Crippen LogP contribution >= 0.6 is 11.3 Å². The van der Waals surface area contributed by atoms with E-state index in [1.54, 1.807) is 23.0 Å². The Bertz CT molecular complexity index is 1090. The third-order valence-electron chi connectivity index (χ3n) is 3.90. The van der Waals surface area contributed by atoms with Crippen LogP contribution in [0, 0.1) is 0 Å². The molecule has 2 heterocycles. The van der Waals surface area contributed by atoms with E-state index in [0.29, 0.717) is 16.3 Å². The molecule has 28 heavy (non-hydrogen) atoms. The first kappa shape index (κ1) is 18.1. The van der Waals surface area contributed by atoms with Gasteiger partial charge < -0.3 is 10.1 Å². The zero-order chi connectivity index (χ0) is 19.5. The average molecular weight is 400 g/mol. The maximum Gasteiger partial charge on any atom is 0.387 e. The molecule has 0 atom stereocenters. The number of aromatic nitrogens is 3. The van der Waals surface area contributed by atoms with Gasteiger partial charge in [0.15, 0.2) is 0 Å². The molecule has 6 nitrogen and oxygen atoms in total. The molecule has 0 saturated heterocycles. The Labute approximate surface area is 162 Å². The number of alkyl halides is 2.